The summed E-state index contributed by atoms with van der Waals surface area (Å²) in [4.78, 5) is 2.58. The van der Waals surface area contributed by atoms with Gasteiger partial charge in [-0.2, -0.15) is 0 Å². The van der Waals surface area contributed by atoms with E-state index in [0.29, 0.717) is 6.04 Å². The Morgan fingerprint density at radius 2 is 2.06 bits per heavy atom. The summed E-state index contributed by atoms with van der Waals surface area (Å²) >= 11 is 6.07. The fourth-order valence-corrected chi connectivity index (χ4v) is 2.83. The van der Waals surface area contributed by atoms with Crippen molar-refractivity contribution in [3.8, 4) is 0 Å². The molecule has 1 saturated heterocycles. The summed E-state index contributed by atoms with van der Waals surface area (Å²) in [7, 11) is 0. The maximum absolute atomic E-state index is 6.07. The molecule has 0 spiro atoms. The second-order valence-electron chi connectivity index (χ2n) is 5.58. The number of rotatable bonds is 1. The third-order valence-corrected chi connectivity index (χ3v) is 3.58. The van der Waals surface area contributed by atoms with Gasteiger partial charge in [0, 0.05) is 16.6 Å². The van der Waals surface area contributed by atoms with Crippen LogP contribution in [-0.4, -0.2) is 17.0 Å². The molecule has 2 rings (SSSR count). The van der Waals surface area contributed by atoms with Gasteiger partial charge in [-0.3, -0.25) is 4.90 Å². The van der Waals surface area contributed by atoms with Crippen LogP contribution in [-0.2, 0) is 0 Å². The van der Waals surface area contributed by atoms with E-state index in [1.165, 1.54) is 24.9 Å². The van der Waals surface area contributed by atoms with Gasteiger partial charge in [-0.15, -0.1) is 0 Å². The van der Waals surface area contributed by atoms with E-state index in [1.54, 1.807) is 0 Å². The van der Waals surface area contributed by atoms with Crippen LogP contribution in [0.2, 0.25) is 5.02 Å². The van der Waals surface area contributed by atoms with Gasteiger partial charge in [0.1, 0.15) is 0 Å². The van der Waals surface area contributed by atoms with E-state index in [2.05, 4.69) is 43.9 Å². The molecule has 16 heavy (non-hydrogen) atoms. The monoisotopic (exact) mass is 237 g/mol. The van der Waals surface area contributed by atoms with Crippen LogP contribution in [0.15, 0.2) is 24.3 Å². The van der Waals surface area contributed by atoms with Crippen molar-refractivity contribution in [2.24, 2.45) is 0 Å². The smallest absolute Gasteiger partial charge is 0.0409 e. The molecular weight excluding hydrogens is 218 g/mol. The van der Waals surface area contributed by atoms with Gasteiger partial charge < -0.3 is 0 Å². The van der Waals surface area contributed by atoms with Gasteiger partial charge in [0.2, 0.25) is 0 Å². The maximum atomic E-state index is 6.07. The summed E-state index contributed by atoms with van der Waals surface area (Å²) in [6.45, 7) is 8.06. The average molecular weight is 238 g/mol. The lowest BCUT2D eigenvalue weighted by Gasteiger charge is -2.37. The van der Waals surface area contributed by atoms with Crippen LogP contribution in [0.3, 0.4) is 0 Å². The van der Waals surface area contributed by atoms with Crippen molar-refractivity contribution in [1.82, 2.24) is 4.90 Å². The lowest BCUT2D eigenvalue weighted by atomic mass is 9.99. The second-order valence-corrected chi connectivity index (χ2v) is 6.01. The molecule has 1 nitrogen and oxygen atoms in total. The largest absolute Gasteiger partial charge is 0.291 e. The summed E-state index contributed by atoms with van der Waals surface area (Å²) in [6, 6.07) is 8.84. The Morgan fingerprint density at radius 1 is 1.31 bits per heavy atom. The predicted octanol–water partition coefficient (Wildman–Crippen LogP) is 4.28. The number of hydrogen-bond acceptors (Lipinski definition) is 1. The van der Waals surface area contributed by atoms with E-state index in [-0.39, 0.29) is 5.54 Å². The van der Waals surface area contributed by atoms with Crippen molar-refractivity contribution >= 4 is 11.6 Å². The molecule has 2 heteroatoms. The molecule has 1 aliphatic rings. The SMILES string of the molecule is CC(C)(C)N1CCC[C@@H]1c1cccc(Cl)c1. The highest BCUT2D eigenvalue weighted by molar-refractivity contribution is 6.30. The summed E-state index contributed by atoms with van der Waals surface area (Å²) in [5, 5.41) is 0.846. The highest BCUT2D eigenvalue weighted by atomic mass is 35.5. The molecule has 0 aromatic heterocycles. The molecule has 0 saturated carbocycles. The van der Waals surface area contributed by atoms with Crippen LogP contribution < -0.4 is 0 Å². The molecule has 0 aliphatic carbocycles. The fourth-order valence-electron chi connectivity index (χ4n) is 2.63. The summed E-state index contributed by atoms with van der Waals surface area (Å²) in [6.07, 6.45) is 2.53. The van der Waals surface area contributed by atoms with Gasteiger partial charge in [-0.05, 0) is 57.9 Å². The molecule has 1 fully saturated rings. The van der Waals surface area contributed by atoms with Gasteiger partial charge in [0.05, 0.1) is 0 Å². The quantitative estimate of drug-likeness (QED) is 0.705. The zero-order valence-electron chi connectivity index (χ0n) is 10.3. The van der Waals surface area contributed by atoms with Crippen molar-refractivity contribution in [1.29, 1.82) is 0 Å². The first-order chi connectivity index (χ1) is 7.48. The third kappa shape index (κ3) is 2.41. The van der Waals surface area contributed by atoms with Crippen molar-refractivity contribution in [3.05, 3.63) is 34.9 Å². The predicted molar refractivity (Wildman–Crippen MR) is 69.9 cm³/mol. The van der Waals surface area contributed by atoms with E-state index in [1.807, 2.05) is 6.07 Å². The van der Waals surface area contributed by atoms with Crippen LogP contribution in [0, 0.1) is 0 Å². The van der Waals surface area contributed by atoms with E-state index < -0.39 is 0 Å². The number of benzene rings is 1. The lowest BCUT2D eigenvalue weighted by Crippen LogP contribution is -2.40. The Balaban J connectivity index is 2.27. The first-order valence-electron chi connectivity index (χ1n) is 6.01. The van der Waals surface area contributed by atoms with E-state index >= 15 is 0 Å². The van der Waals surface area contributed by atoms with Crippen molar-refractivity contribution in [2.45, 2.75) is 45.2 Å². The molecule has 0 radical (unpaired) electrons. The minimum atomic E-state index is 0.240. The number of likely N-dealkylation sites (tertiary alicyclic amines) is 1. The van der Waals surface area contributed by atoms with Crippen LogP contribution in [0.1, 0.15) is 45.2 Å². The highest BCUT2D eigenvalue weighted by Crippen LogP contribution is 2.37. The molecule has 0 amide bonds. The summed E-state index contributed by atoms with van der Waals surface area (Å²) in [5.74, 6) is 0. The second kappa shape index (κ2) is 4.38. The minimum Gasteiger partial charge on any atom is -0.291 e. The van der Waals surface area contributed by atoms with Gasteiger partial charge in [-0.1, -0.05) is 23.7 Å². The fraction of sp³-hybridized carbons (Fsp3) is 0.571. The highest BCUT2D eigenvalue weighted by Gasteiger charge is 2.33. The normalized spacial score (nSPS) is 22.6. The zero-order valence-corrected chi connectivity index (χ0v) is 11.1. The number of nitrogens with zero attached hydrogens (tertiary/aromatic N) is 1. The molecular formula is C14H20ClN. The average Bonchev–Trinajstić information content (AvgIpc) is 2.65. The van der Waals surface area contributed by atoms with Crippen LogP contribution in [0.5, 0.6) is 0 Å². The Labute approximate surface area is 103 Å². The van der Waals surface area contributed by atoms with Gasteiger partial charge in [0.15, 0.2) is 0 Å². The van der Waals surface area contributed by atoms with Crippen molar-refractivity contribution in [3.63, 3.8) is 0 Å². The molecule has 0 unspecified atom stereocenters. The van der Waals surface area contributed by atoms with Gasteiger partial charge >= 0.3 is 0 Å². The van der Waals surface area contributed by atoms with Crippen LogP contribution in [0.25, 0.3) is 0 Å². The minimum absolute atomic E-state index is 0.240. The van der Waals surface area contributed by atoms with Gasteiger partial charge in [-0.25, -0.2) is 0 Å². The summed E-state index contributed by atoms with van der Waals surface area (Å²) in [5.41, 5.74) is 1.60. The Morgan fingerprint density at radius 3 is 2.69 bits per heavy atom. The standard InChI is InChI=1S/C14H20ClN/c1-14(2,3)16-9-5-8-13(16)11-6-4-7-12(15)10-11/h4,6-7,10,13H,5,8-9H2,1-3H3/t13-/m1/s1. The van der Waals surface area contributed by atoms with Crippen molar-refractivity contribution < 1.29 is 0 Å². The Kier molecular flexibility index (Phi) is 3.27. The number of hydrogen-bond donors (Lipinski definition) is 0. The van der Waals surface area contributed by atoms with Crippen molar-refractivity contribution in [2.75, 3.05) is 6.54 Å². The van der Waals surface area contributed by atoms with E-state index in [9.17, 15) is 0 Å². The third-order valence-electron chi connectivity index (χ3n) is 3.35. The zero-order chi connectivity index (χ0) is 11.8. The molecule has 0 N–H and O–H groups in total. The molecule has 1 aromatic rings. The van der Waals surface area contributed by atoms with Crippen LogP contribution in [0.4, 0.5) is 0 Å². The molecule has 1 atom stereocenters. The Bertz CT molecular complexity index is 367. The topological polar surface area (TPSA) is 3.24 Å². The first kappa shape index (κ1) is 11.9. The molecule has 1 aromatic carbocycles. The molecule has 1 aliphatic heterocycles. The van der Waals surface area contributed by atoms with E-state index in [4.69, 9.17) is 11.6 Å². The van der Waals surface area contributed by atoms with Gasteiger partial charge in [0.25, 0.3) is 0 Å². The maximum Gasteiger partial charge on any atom is 0.0409 e. The molecule has 1 heterocycles. The molecule has 88 valence electrons. The molecule has 0 bridgehead atoms. The van der Waals surface area contributed by atoms with Crippen LogP contribution >= 0.6 is 11.6 Å². The first-order valence-corrected chi connectivity index (χ1v) is 6.38. The lowest BCUT2D eigenvalue weighted by molar-refractivity contribution is 0.121. The number of halogens is 1. The Hall–Kier alpha value is -0.530. The summed E-state index contributed by atoms with van der Waals surface area (Å²) < 4.78 is 0. The van der Waals surface area contributed by atoms with E-state index in [0.717, 1.165) is 5.02 Å².